The van der Waals surface area contributed by atoms with Crippen LogP contribution in [0.25, 0.3) is 11.1 Å². The number of carbonyl (C=O) groups excluding carboxylic acids is 1. The second-order valence-corrected chi connectivity index (χ2v) is 9.91. The number of amides is 1. The Balaban J connectivity index is 1.60. The summed E-state index contributed by atoms with van der Waals surface area (Å²) < 4.78 is 34.7. The van der Waals surface area contributed by atoms with E-state index in [0.29, 0.717) is 43.7 Å². The number of carbonyl (C=O) groups is 1. The fourth-order valence-electron chi connectivity index (χ4n) is 3.87. The van der Waals surface area contributed by atoms with Crippen LogP contribution in [-0.4, -0.2) is 49.6 Å². The number of pyridine rings is 1. The molecule has 0 bridgehead atoms. The number of aromatic nitrogens is 1. The van der Waals surface area contributed by atoms with E-state index in [2.05, 4.69) is 4.98 Å². The monoisotopic (exact) mass is 463 g/mol. The van der Waals surface area contributed by atoms with E-state index in [0.717, 1.165) is 5.56 Å². The Kier molecular flexibility index (Phi) is 8.72. The highest BCUT2D eigenvalue weighted by molar-refractivity contribution is 7.82. The average Bonchev–Trinajstić information content (AvgIpc) is 2.80. The minimum Gasteiger partial charge on any atom is -0.490 e. The Labute approximate surface area is 190 Å². The molecule has 1 fully saturated rings. The number of rotatable bonds is 9. The van der Waals surface area contributed by atoms with Gasteiger partial charge in [0.25, 0.3) is 0 Å². The molecule has 9 heteroatoms. The van der Waals surface area contributed by atoms with Gasteiger partial charge >= 0.3 is 0 Å². The van der Waals surface area contributed by atoms with Crippen LogP contribution in [0.15, 0.2) is 42.7 Å². The van der Waals surface area contributed by atoms with Crippen molar-refractivity contribution in [1.82, 2.24) is 14.8 Å². The topological polar surface area (TPSA) is 91.8 Å². The fourth-order valence-corrected chi connectivity index (χ4v) is 5.33. The Bertz CT molecular complexity index is 921. The van der Waals surface area contributed by atoms with Crippen molar-refractivity contribution in [1.29, 1.82) is 0 Å². The van der Waals surface area contributed by atoms with Gasteiger partial charge in [0.05, 0.1) is 16.9 Å². The van der Waals surface area contributed by atoms with Gasteiger partial charge in [-0.05, 0) is 49.4 Å². The second-order valence-electron chi connectivity index (χ2n) is 8.42. The maximum absolute atomic E-state index is 13.9. The summed E-state index contributed by atoms with van der Waals surface area (Å²) in [6.45, 7) is 5.10. The van der Waals surface area contributed by atoms with Gasteiger partial charge in [0, 0.05) is 42.4 Å². The molecule has 2 atom stereocenters. The van der Waals surface area contributed by atoms with Crippen molar-refractivity contribution in [3.8, 4) is 16.9 Å². The summed E-state index contributed by atoms with van der Waals surface area (Å²) in [5.74, 6) is -0.322. The van der Waals surface area contributed by atoms with Crippen molar-refractivity contribution in [3.05, 3.63) is 48.5 Å². The molecule has 32 heavy (non-hydrogen) atoms. The third-order valence-corrected chi connectivity index (χ3v) is 7.11. The van der Waals surface area contributed by atoms with E-state index in [-0.39, 0.29) is 23.6 Å². The third-order valence-electron chi connectivity index (χ3n) is 5.48. The molecular formula is C23H30FN3O4S. The molecule has 2 unspecified atom stereocenters. The van der Waals surface area contributed by atoms with Gasteiger partial charge in [0.1, 0.15) is 17.7 Å². The third kappa shape index (κ3) is 6.57. The minimum absolute atomic E-state index is 0.0867. The number of benzene rings is 1. The molecule has 1 saturated heterocycles. The van der Waals surface area contributed by atoms with E-state index >= 15 is 0 Å². The predicted octanol–water partition coefficient (Wildman–Crippen LogP) is 3.56. The first-order valence-electron chi connectivity index (χ1n) is 10.8. The van der Waals surface area contributed by atoms with Gasteiger partial charge in [0.15, 0.2) is 0 Å². The largest absolute Gasteiger partial charge is 0.490 e. The molecule has 1 aliphatic rings. The van der Waals surface area contributed by atoms with Gasteiger partial charge in [-0.3, -0.25) is 15.0 Å². The van der Waals surface area contributed by atoms with E-state index in [9.17, 15) is 13.4 Å². The van der Waals surface area contributed by atoms with Crippen LogP contribution in [0, 0.1) is 17.7 Å². The molecule has 0 radical (unpaired) electrons. The van der Waals surface area contributed by atoms with Gasteiger partial charge in [-0.15, -0.1) is 0 Å². The van der Waals surface area contributed by atoms with Crippen molar-refractivity contribution < 1.29 is 23.3 Å². The number of hydroxylamine groups is 1. The first-order chi connectivity index (χ1) is 15.4. The summed E-state index contributed by atoms with van der Waals surface area (Å²) in [4.78, 5) is 16.0. The van der Waals surface area contributed by atoms with E-state index in [1.807, 2.05) is 24.2 Å². The normalized spacial score (nSPS) is 17.2. The number of piperidine rings is 1. The van der Waals surface area contributed by atoms with Crippen LogP contribution < -0.4 is 10.2 Å². The first kappa shape index (κ1) is 24.3. The van der Waals surface area contributed by atoms with Gasteiger partial charge in [-0.2, -0.15) is 0 Å². The van der Waals surface area contributed by atoms with Gasteiger partial charge in [0.2, 0.25) is 5.91 Å². The Hall–Kier alpha value is -2.36. The quantitative estimate of drug-likeness (QED) is 0.438. The zero-order valence-corrected chi connectivity index (χ0v) is 19.2. The van der Waals surface area contributed by atoms with E-state index < -0.39 is 22.8 Å². The van der Waals surface area contributed by atoms with E-state index in [1.165, 1.54) is 12.1 Å². The molecule has 1 amide bonds. The Morgan fingerprint density at radius 1 is 1.34 bits per heavy atom. The first-order valence-corrected chi connectivity index (χ1v) is 12.1. The standard InChI is InChI=1S/C23H30FN3O4S/c1-16(2)12-18(23(28)26-29)15-32(30)27-10-7-20(8-11-27)31-22-6-5-19(24)13-21(22)17-4-3-9-25-14-17/h3-6,9,13-14,16,18,20,29H,7-8,10-12,15H2,1-2H3,(H,26,28). The number of ether oxygens (including phenoxy) is 1. The van der Waals surface area contributed by atoms with Crippen LogP contribution in [0.4, 0.5) is 4.39 Å². The lowest BCUT2D eigenvalue weighted by Crippen LogP contribution is -2.42. The van der Waals surface area contributed by atoms with Crippen LogP contribution in [-0.2, 0) is 15.8 Å². The van der Waals surface area contributed by atoms with Crippen molar-refractivity contribution in [3.63, 3.8) is 0 Å². The summed E-state index contributed by atoms with van der Waals surface area (Å²) in [6, 6.07) is 8.10. The number of hydrogen-bond acceptors (Lipinski definition) is 5. The molecule has 3 rings (SSSR count). The van der Waals surface area contributed by atoms with E-state index in [4.69, 9.17) is 9.94 Å². The Morgan fingerprint density at radius 3 is 2.72 bits per heavy atom. The summed E-state index contributed by atoms with van der Waals surface area (Å²) in [7, 11) is -1.33. The van der Waals surface area contributed by atoms with Crippen molar-refractivity contribution in [2.45, 2.75) is 39.2 Å². The molecule has 7 nitrogen and oxygen atoms in total. The molecule has 0 saturated carbocycles. The molecule has 0 aliphatic carbocycles. The molecule has 2 N–H and O–H groups in total. The van der Waals surface area contributed by atoms with Crippen molar-refractivity contribution >= 4 is 16.9 Å². The molecule has 1 aromatic heterocycles. The lowest BCUT2D eigenvalue weighted by atomic mass is 9.98. The summed E-state index contributed by atoms with van der Waals surface area (Å²) in [5, 5.41) is 8.98. The number of nitrogens with one attached hydrogen (secondary N) is 1. The van der Waals surface area contributed by atoms with Crippen LogP contribution >= 0.6 is 0 Å². The lowest BCUT2D eigenvalue weighted by molar-refractivity contribution is -0.133. The second kappa shape index (κ2) is 11.5. The molecule has 0 spiro atoms. The number of nitrogens with zero attached hydrogens (tertiary/aromatic N) is 2. The molecule has 2 heterocycles. The zero-order valence-electron chi connectivity index (χ0n) is 18.4. The van der Waals surface area contributed by atoms with Crippen molar-refractivity contribution in [2.75, 3.05) is 18.8 Å². The van der Waals surface area contributed by atoms with Gasteiger partial charge < -0.3 is 4.74 Å². The van der Waals surface area contributed by atoms with Crippen LogP contribution in [0.2, 0.25) is 0 Å². The summed E-state index contributed by atoms with van der Waals surface area (Å²) >= 11 is 0. The SMILES string of the molecule is CC(C)CC(CS(=O)N1CCC(Oc2ccc(F)cc2-c2cccnc2)CC1)C(=O)NO. The smallest absolute Gasteiger partial charge is 0.247 e. The van der Waals surface area contributed by atoms with Crippen LogP contribution in [0.3, 0.4) is 0 Å². The molecular weight excluding hydrogens is 433 g/mol. The predicted molar refractivity (Wildman–Crippen MR) is 121 cm³/mol. The van der Waals surface area contributed by atoms with Gasteiger partial charge in [-0.1, -0.05) is 19.9 Å². The molecule has 2 aromatic rings. The highest BCUT2D eigenvalue weighted by Crippen LogP contribution is 2.32. The van der Waals surface area contributed by atoms with Crippen LogP contribution in [0.1, 0.15) is 33.1 Å². The Morgan fingerprint density at radius 2 is 2.09 bits per heavy atom. The molecule has 1 aromatic carbocycles. The molecule has 1 aliphatic heterocycles. The molecule has 174 valence electrons. The maximum atomic E-state index is 13.9. The maximum Gasteiger partial charge on any atom is 0.247 e. The average molecular weight is 464 g/mol. The van der Waals surface area contributed by atoms with E-state index in [1.54, 1.807) is 30.0 Å². The van der Waals surface area contributed by atoms with Crippen LogP contribution in [0.5, 0.6) is 5.75 Å². The highest BCUT2D eigenvalue weighted by atomic mass is 32.2. The van der Waals surface area contributed by atoms with Crippen molar-refractivity contribution in [2.24, 2.45) is 11.8 Å². The summed E-state index contributed by atoms with van der Waals surface area (Å²) in [6.07, 6.45) is 5.13. The zero-order chi connectivity index (χ0) is 23.1. The minimum atomic E-state index is -1.33. The number of halogens is 1. The fraction of sp³-hybridized carbons (Fsp3) is 0.478. The lowest BCUT2D eigenvalue weighted by Gasteiger charge is -2.32. The summed E-state index contributed by atoms with van der Waals surface area (Å²) in [5.41, 5.74) is 3.12. The number of hydrogen-bond donors (Lipinski definition) is 2. The van der Waals surface area contributed by atoms with Gasteiger partial charge in [-0.25, -0.2) is 18.4 Å². The highest BCUT2D eigenvalue weighted by Gasteiger charge is 2.29.